The van der Waals surface area contributed by atoms with Crippen molar-refractivity contribution in [2.45, 2.75) is 22.8 Å². The fourth-order valence-electron chi connectivity index (χ4n) is 0.579. The molecule has 0 aliphatic rings. The van der Waals surface area contributed by atoms with Crippen LogP contribution in [0.2, 0.25) is 22.8 Å². The Bertz CT molecular complexity index is 126. The van der Waals surface area contributed by atoms with Gasteiger partial charge in [0.25, 0.3) is 0 Å². The summed E-state index contributed by atoms with van der Waals surface area (Å²) in [4.78, 5) is 3.33. The van der Waals surface area contributed by atoms with Crippen molar-refractivity contribution in [2.75, 3.05) is 0 Å². The van der Waals surface area contributed by atoms with Crippen LogP contribution in [0, 0.1) is 0 Å². The van der Waals surface area contributed by atoms with Crippen molar-refractivity contribution in [3.05, 3.63) is 5.53 Å². The van der Waals surface area contributed by atoms with E-state index in [1.807, 2.05) is 0 Å². The molecule has 0 saturated heterocycles. The van der Waals surface area contributed by atoms with Gasteiger partial charge in [0.1, 0.15) is 0 Å². The van der Waals surface area contributed by atoms with Gasteiger partial charge in [-0.15, -0.1) is 0 Å². The third kappa shape index (κ3) is 3.25. The van der Waals surface area contributed by atoms with E-state index in [1.165, 1.54) is 0 Å². The van der Waals surface area contributed by atoms with Crippen LogP contribution in [-0.4, -0.2) is 37.4 Å². The third-order valence-electron chi connectivity index (χ3n) is 0.889. The summed E-state index contributed by atoms with van der Waals surface area (Å²) in [5.41, 5.74) is 17.3. The van der Waals surface area contributed by atoms with Crippen molar-refractivity contribution >= 4 is 32.6 Å². The number of hydrogen-bond donors (Lipinski definition) is 0. The van der Waals surface area contributed by atoms with E-state index in [1.54, 1.807) is 0 Å². The molecule has 0 amide bonds. The van der Waals surface area contributed by atoms with Gasteiger partial charge in [-0.25, -0.2) is 0 Å². The van der Waals surface area contributed by atoms with Gasteiger partial charge in [-0.2, -0.15) is 0 Å². The van der Waals surface area contributed by atoms with Gasteiger partial charge in [-0.3, -0.25) is 0 Å². The van der Waals surface area contributed by atoms with E-state index in [0.717, 1.165) is 3.29 Å². The van der Waals surface area contributed by atoms with Gasteiger partial charge in [0.05, 0.1) is 0 Å². The maximum atomic E-state index is 8.53. The molecule has 0 aromatic heterocycles. The van der Waals surface area contributed by atoms with Crippen LogP contribution in [0.3, 0.4) is 0 Å². The molecule has 0 unspecified atom stereocenters. The number of rotatable bonds is 2. The minimum atomic E-state index is -0.839. The molecule has 0 radical (unpaired) electrons. The predicted octanol–water partition coefficient (Wildman–Crippen LogP) is 1.24. The Morgan fingerprint density at radius 3 is 1.44 bits per heavy atom. The molecule has 0 aliphatic heterocycles. The van der Waals surface area contributed by atoms with Gasteiger partial charge >= 0.3 is 65.8 Å². The molecule has 0 fully saturated rings. The monoisotopic (exact) mass is 250 g/mol. The van der Waals surface area contributed by atoms with Gasteiger partial charge in [-0.05, 0) is 0 Å². The quantitative estimate of drug-likeness (QED) is 0.306. The van der Waals surface area contributed by atoms with Crippen molar-refractivity contribution < 1.29 is 4.79 Å². The molecule has 0 atom stereocenters. The maximum absolute atomic E-state index is 8.53. The van der Waals surface area contributed by atoms with E-state index >= 15 is 0 Å². The first-order valence-corrected chi connectivity index (χ1v) is 12.0. The topological polar surface area (TPSA) is 36.4 Å². The Morgan fingerprint density at radius 2 is 1.44 bits per heavy atom. The van der Waals surface area contributed by atoms with E-state index in [4.69, 9.17) is 5.53 Å². The zero-order chi connectivity index (χ0) is 7.44. The van der Waals surface area contributed by atoms with Gasteiger partial charge in [0.2, 0.25) is 0 Å². The Balaban J connectivity index is 4.19. The average Bonchev–Trinajstić information content (AvgIpc) is 1.64. The van der Waals surface area contributed by atoms with E-state index in [-0.39, 0.29) is 0 Å². The minimum absolute atomic E-state index is 0.839. The molecule has 0 spiro atoms. The summed E-state index contributed by atoms with van der Waals surface area (Å²) in [7, 11) is 0. The first-order chi connectivity index (χ1) is 4.09. The Hall–Kier alpha value is 0.497. The standard InChI is InChI=1S/C5H12As2N2/c1-6(2)5(9-8)7(3)4/h1-4H3. The average molecular weight is 250 g/mol. The van der Waals surface area contributed by atoms with Crippen LogP contribution in [0.15, 0.2) is 0 Å². The third-order valence-corrected chi connectivity index (χ3v) is 13.3. The molecule has 0 aromatic carbocycles. The molecule has 0 heterocycles. The fourth-order valence-corrected chi connectivity index (χ4v) is 11.7. The van der Waals surface area contributed by atoms with Crippen LogP contribution in [0.1, 0.15) is 0 Å². The Labute approximate surface area is 65.8 Å². The van der Waals surface area contributed by atoms with Gasteiger partial charge in [0.15, 0.2) is 0 Å². The van der Waals surface area contributed by atoms with Crippen LogP contribution in [0.4, 0.5) is 0 Å². The molecule has 0 N–H and O–H groups in total. The molecule has 4 heteroatoms. The van der Waals surface area contributed by atoms with Crippen molar-refractivity contribution in [1.82, 2.24) is 0 Å². The molecule has 52 valence electrons. The molecule has 0 rings (SSSR count). The summed E-state index contributed by atoms with van der Waals surface area (Å²) in [6.45, 7) is 0. The molecule has 0 saturated carbocycles. The van der Waals surface area contributed by atoms with Crippen molar-refractivity contribution in [2.24, 2.45) is 0 Å². The summed E-state index contributed by atoms with van der Waals surface area (Å²) in [5.74, 6) is 0. The second kappa shape index (κ2) is 4.33. The fraction of sp³-hybridized carbons (Fsp3) is 0.800. The molecular formula is C5H12As2N2. The number of hydrogen-bond acceptors (Lipinski definition) is 0. The van der Waals surface area contributed by atoms with Crippen molar-refractivity contribution in [3.63, 3.8) is 0 Å². The Morgan fingerprint density at radius 1 is 1.11 bits per heavy atom. The first-order valence-electron chi connectivity index (χ1n) is 2.66. The molecule has 9 heavy (non-hydrogen) atoms. The Kier molecular flexibility index (Phi) is 4.57. The normalized spacial score (nSPS) is 10.0. The molecule has 0 aliphatic carbocycles. The summed E-state index contributed by atoms with van der Waals surface area (Å²) in [6, 6.07) is 0. The number of nitrogens with zero attached hydrogens (tertiary/aromatic N) is 2. The van der Waals surface area contributed by atoms with E-state index in [0.29, 0.717) is 0 Å². The SMILES string of the molecule is C[As](C)C(=[N+]=[N-])[As](C)C. The second-order valence-electron chi connectivity index (χ2n) is 2.19. The molecular weight excluding hydrogens is 238 g/mol. The summed E-state index contributed by atoms with van der Waals surface area (Å²) in [6.07, 6.45) is 0. The molecule has 0 aromatic rings. The first kappa shape index (κ1) is 9.50. The zero-order valence-corrected chi connectivity index (χ0v) is 10.0. The zero-order valence-electron chi connectivity index (χ0n) is 6.29. The van der Waals surface area contributed by atoms with Crippen LogP contribution in [-0.2, 0) is 0 Å². The van der Waals surface area contributed by atoms with Gasteiger partial charge in [0, 0.05) is 0 Å². The van der Waals surface area contributed by atoms with E-state index in [2.05, 4.69) is 27.6 Å². The summed E-state index contributed by atoms with van der Waals surface area (Å²) < 4.78 is 1.16. The van der Waals surface area contributed by atoms with E-state index < -0.39 is 29.3 Å². The van der Waals surface area contributed by atoms with Crippen LogP contribution in [0.25, 0.3) is 5.53 Å². The summed E-state index contributed by atoms with van der Waals surface area (Å²) >= 11 is -1.68. The van der Waals surface area contributed by atoms with Crippen LogP contribution in [0.5, 0.6) is 0 Å². The molecule has 2 nitrogen and oxygen atoms in total. The van der Waals surface area contributed by atoms with Crippen LogP contribution < -0.4 is 0 Å². The van der Waals surface area contributed by atoms with Crippen molar-refractivity contribution in [1.29, 1.82) is 0 Å². The van der Waals surface area contributed by atoms with Crippen molar-refractivity contribution in [3.8, 4) is 0 Å². The van der Waals surface area contributed by atoms with Gasteiger partial charge < -0.3 is 0 Å². The van der Waals surface area contributed by atoms with Crippen LogP contribution >= 0.6 is 0 Å². The summed E-state index contributed by atoms with van der Waals surface area (Å²) in [5, 5.41) is 0. The molecule has 0 bridgehead atoms. The van der Waals surface area contributed by atoms with Gasteiger partial charge in [-0.1, -0.05) is 0 Å². The second-order valence-corrected chi connectivity index (χ2v) is 13.1. The predicted molar refractivity (Wildman–Crippen MR) is 43.6 cm³/mol. The van der Waals surface area contributed by atoms with E-state index in [9.17, 15) is 0 Å².